The summed E-state index contributed by atoms with van der Waals surface area (Å²) in [6.45, 7) is 13.7. The highest BCUT2D eigenvalue weighted by Crippen LogP contribution is 2.38. The molecule has 0 bridgehead atoms. The number of aromatic nitrogens is 12. The number of hydrogen-bond donors (Lipinski definition) is 3. The minimum atomic E-state index is -2.90. The summed E-state index contributed by atoms with van der Waals surface area (Å²) in [4.78, 5) is 49.6. The van der Waals surface area contributed by atoms with Crippen LogP contribution in [0.5, 0.6) is 28.7 Å². The van der Waals surface area contributed by atoms with Crippen LogP contribution in [0.15, 0.2) is 165 Å². The van der Waals surface area contributed by atoms with Gasteiger partial charge in [0.2, 0.25) is 0 Å². The third-order valence-electron chi connectivity index (χ3n) is 19.0. The number of aliphatic hydroxyl groups excluding tert-OH is 1. The SMILES string of the molecule is CNC(=O)c1cc(OC)cc(N(CCNC(C)C)c2ccc3ncc(-c4cnn(C(C)C)c4)nc3c2)c1.COc1cc(OC)cc(N(CCCN2CCS(=O)(=O)CC2)c2ccc3ncc(-c4cnn(C)c4)nc3c2)c1.COc1cc(OC)cc(N(CCO)c2ccc3ncc(-c4cnn(C5CCCCO5)c4)nc3c2)c1. The van der Waals surface area contributed by atoms with Gasteiger partial charge in [0, 0.05) is 189 Å². The van der Waals surface area contributed by atoms with Crippen LogP contribution in [0.4, 0.5) is 34.1 Å². The van der Waals surface area contributed by atoms with Gasteiger partial charge in [-0.25, -0.2) is 28.1 Å². The van der Waals surface area contributed by atoms with Gasteiger partial charge in [-0.15, -0.1) is 0 Å². The summed E-state index contributed by atoms with van der Waals surface area (Å²) in [5.41, 5.74) is 15.6. The topological polar surface area (TPSA) is 295 Å². The molecule has 1 atom stereocenters. The van der Waals surface area contributed by atoms with E-state index < -0.39 is 9.84 Å². The van der Waals surface area contributed by atoms with Crippen LogP contribution >= 0.6 is 0 Å². The van der Waals surface area contributed by atoms with Crippen LogP contribution in [0.2, 0.25) is 0 Å². The summed E-state index contributed by atoms with van der Waals surface area (Å²) in [7, 11) is 8.71. The summed E-state index contributed by atoms with van der Waals surface area (Å²) < 4.78 is 62.5. The fourth-order valence-electron chi connectivity index (χ4n) is 13.0. The highest BCUT2D eigenvalue weighted by molar-refractivity contribution is 7.91. The lowest BCUT2D eigenvalue weighted by Gasteiger charge is -2.29. The number of hydrogen-bond acceptors (Lipinski definition) is 24. The van der Waals surface area contributed by atoms with Crippen molar-refractivity contribution in [3.05, 3.63) is 171 Å². The number of carbonyl (C=O) groups excluding carboxylic acids is 1. The van der Waals surface area contributed by atoms with E-state index in [1.165, 1.54) is 0 Å². The maximum absolute atomic E-state index is 12.5. The van der Waals surface area contributed by atoms with E-state index in [1.54, 1.807) is 84.3 Å². The van der Waals surface area contributed by atoms with Crippen molar-refractivity contribution in [1.82, 2.24) is 74.8 Å². The lowest BCUT2D eigenvalue weighted by molar-refractivity contribution is -0.0394. The van der Waals surface area contributed by atoms with E-state index in [0.717, 1.165) is 146 Å². The third kappa shape index (κ3) is 19.5. The minimum absolute atomic E-state index is 0.0221. The van der Waals surface area contributed by atoms with Crippen molar-refractivity contribution >= 4 is 83.0 Å². The van der Waals surface area contributed by atoms with Gasteiger partial charge in [-0.2, -0.15) is 15.3 Å². The zero-order valence-electron chi connectivity index (χ0n) is 64.1. The largest absolute Gasteiger partial charge is 0.497 e. The molecule has 1 amide bonds. The number of rotatable bonds is 27. The van der Waals surface area contributed by atoms with E-state index >= 15 is 0 Å². The summed E-state index contributed by atoms with van der Waals surface area (Å²) >= 11 is 0. The highest BCUT2D eigenvalue weighted by Gasteiger charge is 2.24. The first-order valence-electron chi connectivity index (χ1n) is 36.8. The molecule has 2 aliphatic rings. The minimum Gasteiger partial charge on any atom is -0.497 e. The summed E-state index contributed by atoms with van der Waals surface area (Å²) in [6.07, 6.45) is 20.6. The quantitative estimate of drug-likeness (QED) is 0.0431. The Labute approximate surface area is 640 Å². The first kappa shape index (κ1) is 78.2. The van der Waals surface area contributed by atoms with E-state index in [4.69, 9.17) is 43.4 Å². The molecule has 6 aromatic heterocycles. The van der Waals surface area contributed by atoms with Crippen LogP contribution in [-0.2, 0) is 21.6 Å². The van der Waals surface area contributed by atoms with Crippen LogP contribution in [0.25, 0.3) is 66.9 Å². The number of aliphatic hydroxyl groups is 1. The predicted molar refractivity (Wildman–Crippen MR) is 429 cm³/mol. The number of benzene rings is 6. The van der Waals surface area contributed by atoms with E-state index in [2.05, 4.69) is 83.3 Å². The lowest BCUT2D eigenvalue weighted by atomic mass is 10.1. The Morgan fingerprint density at radius 3 is 1.48 bits per heavy atom. The Kier molecular flexibility index (Phi) is 25.8. The molecule has 0 spiro atoms. The number of methoxy groups -OCH3 is 5. The van der Waals surface area contributed by atoms with Gasteiger partial charge in [0.15, 0.2) is 9.84 Å². The fraction of sp³-hybridized carbons (Fsp3) is 0.358. The van der Waals surface area contributed by atoms with Gasteiger partial charge in [0.1, 0.15) is 35.0 Å². The van der Waals surface area contributed by atoms with Crippen LogP contribution in [0.3, 0.4) is 0 Å². The molecule has 8 heterocycles. The molecule has 3 N–H and O–H groups in total. The van der Waals surface area contributed by atoms with Gasteiger partial charge in [0.25, 0.3) is 5.91 Å². The monoisotopic (exact) mass is 1510 g/mol. The molecule has 2 fully saturated rings. The molecule has 2 saturated heterocycles. The molecule has 576 valence electrons. The van der Waals surface area contributed by atoms with E-state index in [9.17, 15) is 18.3 Å². The number of anilines is 6. The second-order valence-electron chi connectivity index (χ2n) is 27.3. The van der Waals surface area contributed by atoms with Gasteiger partial charge in [-0.3, -0.25) is 29.1 Å². The first-order chi connectivity index (χ1) is 53.3. The smallest absolute Gasteiger partial charge is 0.251 e. The maximum Gasteiger partial charge on any atom is 0.251 e. The maximum atomic E-state index is 12.5. The van der Waals surface area contributed by atoms with Crippen molar-refractivity contribution < 1.29 is 46.7 Å². The number of carbonyl (C=O) groups is 1. The van der Waals surface area contributed by atoms with Crippen molar-refractivity contribution in [2.75, 3.05) is 128 Å². The Balaban J connectivity index is 0.000000154. The van der Waals surface area contributed by atoms with Crippen LogP contribution in [0.1, 0.15) is 76.0 Å². The van der Waals surface area contributed by atoms with Gasteiger partial charge in [-0.1, -0.05) is 13.8 Å². The summed E-state index contributed by atoms with van der Waals surface area (Å²) in [6, 6.07) is 35.6. The van der Waals surface area contributed by atoms with Crippen molar-refractivity contribution in [1.29, 1.82) is 0 Å². The second-order valence-corrected chi connectivity index (χ2v) is 29.6. The standard InChI is InChI=1S/C28H35N7O2.C27H32N6O4S.C26H29N5O4/c1-18(2)30-9-10-34(23-11-20(28(36)29-5)12-24(13-23)37-6)22-7-8-25-26(14-22)33-27(16-31-25)21-15-32-35(17-21)19(3)4;1-31-19-20(17-29-31)27-18-28-25-6-5-21(15-26(25)30-27)33(22-13-23(36-2)16-24(14-22)37-3)8-4-7-32-9-11-38(34,35)12-10-32;1-33-21-11-20(12-22(14-21)34-2)30(8-9-32)19-6-7-23-24(13-19)29-25(16-27-23)18-15-28-31(17-18)26-5-3-4-10-35-26/h7-8,11-19,30H,9-10H2,1-6H3,(H,29,36);5-6,13-19H,4,7-12H2,1-3H3;6-7,11-17,26,32H,3-5,8-10H2,1-2H3. The number of ether oxygens (including phenoxy) is 6. The molecule has 28 nitrogen and oxygen atoms in total. The average molecular weight is 1510 g/mol. The average Bonchev–Trinajstić information content (AvgIpc) is 1.03. The highest BCUT2D eigenvalue weighted by atomic mass is 32.2. The second kappa shape index (κ2) is 36.2. The number of sulfone groups is 1. The van der Waals surface area contributed by atoms with Crippen molar-refractivity contribution in [3.8, 4) is 62.5 Å². The Morgan fingerprint density at radius 1 is 0.555 bits per heavy atom. The summed E-state index contributed by atoms with van der Waals surface area (Å²) in [5.74, 6) is 3.64. The molecule has 0 aliphatic carbocycles. The number of fused-ring (bicyclic) bond motifs is 3. The van der Waals surface area contributed by atoms with E-state index in [-0.39, 0.29) is 36.3 Å². The van der Waals surface area contributed by atoms with E-state index in [0.29, 0.717) is 73.1 Å². The van der Waals surface area contributed by atoms with Gasteiger partial charge >= 0.3 is 0 Å². The Hall–Kier alpha value is -11.4. The van der Waals surface area contributed by atoms with Crippen molar-refractivity contribution in [2.24, 2.45) is 7.05 Å². The normalized spacial score (nSPS) is 14.2. The molecule has 1 unspecified atom stereocenters. The third-order valence-corrected chi connectivity index (χ3v) is 20.6. The molecule has 2 aliphatic heterocycles. The van der Waals surface area contributed by atoms with Crippen LogP contribution < -0.4 is 49.0 Å². The van der Waals surface area contributed by atoms with Gasteiger partial charge in [-0.05, 0) is 113 Å². The molecule has 110 heavy (non-hydrogen) atoms. The fourth-order valence-corrected chi connectivity index (χ4v) is 14.3. The zero-order valence-corrected chi connectivity index (χ0v) is 64.9. The number of aryl methyl sites for hydroxylation is 1. The molecule has 0 radical (unpaired) electrons. The predicted octanol–water partition coefficient (Wildman–Crippen LogP) is 12.2. The molecule has 12 aromatic rings. The number of nitrogens with zero attached hydrogens (tertiary/aromatic N) is 16. The summed E-state index contributed by atoms with van der Waals surface area (Å²) in [5, 5.41) is 29.2. The molecular formula is C81H96N18O10S. The van der Waals surface area contributed by atoms with Crippen LogP contribution in [0, 0.1) is 0 Å². The first-order valence-corrected chi connectivity index (χ1v) is 38.6. The number of amides is 1. The van der Waals surface area contributed by atoms with Crippen molar-refractivity contribution in [3.63, 3.8) is 0 Å². The number of nitrogens with one attached hydrogen (secondary N) is 2. The van der Waals surface area contributed by atoms with Crippen molar-refractivity contribution in [2.45, 2.75) is 71.7 Å². The van der Waals surface area contributed by atoms with Gasteiger partial charge in [0.05, 0.1) is 141 Å². The Morgan fingerprint density at radius 2 is 1.03 bits per heavy atom. The zero-order chi connectivity index (χ0) is 77.4. The molecular weight excluding hydrogens is 1420 g/mol. The lowest BCUT2D eigenvalue weighted by Crippen LogP contribution is -2.41. The van der Waals surface area contributed by atoms with E-state index in [1.807, 2.05) is 149 Å². The molecule has 14 rings (SSSR count). The molecule has 0 saturated carbocycles. The van der Waals surface area contributed by atoms with Crippen LogP contribution in [-0.4, -0.2) is 203 Å². The molecule has 6 aromatic carbocycles. The van der Waals surface area contributed by atoms with Gasteiger partial charge < -0.3 is 63.8 Å². The Bertz CT molecular complexity index is 5180. The molecule has 29 heteroatoms.